The van der Waals surface area contributed by atoms with Crippen LogP contribution in [0.4, 0.5) is 8.78 Å². The molecule has 1 aliphatic rings. The molecule has 0 amide bonds. The maximum Gasteiger partial charge on any atom is 0.330 e. The van der Waals surface area contributed by atoms with Crippen LogP contribution in [0.25, 0.3) is 0 Å². The van der Waals surface area contributed by atoms with Crippen LogP contribution in [0.2, 0.25) is 0 Å². The van der Waals surface area contributed by atoms with Crippen molar-refractivity contribution in [3.05, 3.63) is 47.5 Å². The Morgan fingerprint density at radius 3 is 2.57 bits per heavy atom. The summed E-state index contributed by atoms with van der Waals surface area (Å²) in [6.45, 7) is 1.96. The molecule has 114 valence electrons. The fraction of sp³-hybridized carbons (Fsp3) is 0.471. The van der Waals surface area contributed by atoms with Gasteiger partial charge in [0.1, 0.15) is 6.10 Å². The highest BCUT2D eigenvalue weighted by Crippen LogP contribution is 2.34. The van der Waals surface area contributed by atoms with Gasteiger partial charge in [-0.1, -0.05) is 19.1 Å². The monoisotopic (exact) mass is 294 g/mol. The van der Waals surface area contributed by atoms with E-state index in [1.807, 2.05) is 6.92 Å². The Morgan fingerprint density at radius 2 is 1.95 bits per heavy atom. The van der Waals surface area contributed by atoms with E-state index in [9.17, 15) is 13.6 Å². The molecule has 0 spiro atoms. The van der Waals surface area contributed by atoms with Crippen molar-refractivity contribution in [2.75, 3.05) is 0 Å². The van der Waals surface area contributed by atoms with Gasteiger partial charge in [0.15, 0.2) is 11.6 Å². The first-order chi connectivity index (χ1) is 10.1. The predicted molar refractivity (Wildman–Crippen MR) is 76.9 cm³/mol. The zero-order valence-corrected chi connectivity index (χ0v) is 12.1. The molecule has 0 atom stereocenters. The average Bonchev–Trinajstić information content (AvgIpc) is 2.49. The molecular formula is C17H20F2O2. The van der Waals surface area contributed by atoms with E-state index >= 15 is 0 Å². The van der Waals surface area contributed by atoms with Crippen molar-refractivity contribution in [2.24, 2.45) is 0 Å². The second-order valence-corrected chi connectivity index (χ2v) is 5.39. The molecular weight excluding hydrogens is 274 g/mol. The Labute approximate surface area is 123 Å². The number of allylic oxidation sites excluding steroid dienone is 1. The minimum atomic E-state index is -0.816. The first kappa shape index (κ1) is 15.7. The van der Waals surface area contributed by atoms with Crippen LogP contribution in [0, 0.1) is 11.6 Å². The van der Waals surface area contributed by atoms with Crippen molar-refractivity contribution in [3.8, 4) is 0 Å². The molecule has 1 aromatic rings. The van der Waals surface area contributed by atoms with Crippen LogP contribution >= 0.6 is 0 Å². The van der Waals surface area contributed by atoms with Gasteiger partial charge in [-0.2, -0.15) is 0 Å². The first-order valence-corrected chi connectivity index (χ1v) is 7.42. The maximum absolute atomic E-state index is 13.2. The van der Waals surface area contributed by atoms with Crippen LogP contribution in [0.1, 0.15) is 50.5 Å². The van der Waals surface area contributed by atoms with Gasteiger partial charge in [-0.3, -0.25) is 0 Å². The Bertz CT molecular complexity index is 518. The number of ether oxygens (including phenoxy) is 1. The molecule has 0 heterocycles. The lowest BCUT2D eigenvalue weighted by Crippen LogP contribution is -2.23. The number of carbonyl (C=O) groups excluding carboxylic acids is 1. The van der Waals surface area contributed by atoms with Gasteiger partial charge >= 0.3 is 5.97 Å². The minimum Gasteiger partial charge on any atom is -0.459 e. The van der Waals surface area contributed by atoms with Crippen molar-refractivity contribution >= 4 is 5.97 Å². The van der Waals surface area contributed by atoms with Gasteiger partial charge in [0.25, 0.3) is 0 Å². The highest BCUT2D eigenvalue weighted by Gasteiger charge is 2.25. The zero-order chi connectivity index (χ0) is 15.2. The molecule has 1 fully saturated rings. The maximum atomic E-state index is 13.2. The topological polar surface area (TPSA) is 26.3 Å². The summed E-state index contributed by atoms with van der Waals surface area (Å²) in [5.74, 6) is -1.70. The molecule has 1 saturated carbocycles. The molecule has 2 rings (SSSR count). The normalized spacial score (nSPS) is 22.4. The van der Waals surface area contributed by atoms with E-state index in [4.69, 9.17) is 4.74 Å². The molecule has 4 heteroatoms. The number of hydrogen-bond donors (Lipinski definition) is 0. The SMILES string of the molecule is CCC=CC(=O)OC1CCC(c2ccc(F)c(F)c2)CC1. The van der Waals surface area contributed by atoms with Gasteiger partial charge < -0.3 is 4.74 Å². The van der Waals surface area contributed by atoms with Crippen LogP contribution in [0.5, 0.6) is 0 Å². The molecule has 0 radical (unpaired) electrons. The summed E-state index contributed by atoms with van der Waals surface area (Å²) >= 11 is 0. The molecule has 2 nitrogen and oxygen atoms in total. The summed E-state index contributed by atoms with van der Waals surface area (Å²) in [6, 6.07) is 4.09. The quantitative estimate of drug-likeness (QED) is 0.603. The molecule has 1 aromatic carbocycles. The summed E-state index contributed by atoms with van der Waals surface area (Å²) in [7, 11) is 0. The summed E-state index contributed by atoms with van der Waals surface area (Å²) in [4.78, 5) is 11.5. The second-order valence-electron chi connectivity index (χ2n) is 5.39. The van der Waals surface area contributed by atoms with E-state index in [1.165, 1.54) is 18.2 Å². The summed E-state index contributed by atoms with van der Waals surface area (Å²) in [6.07, 6.45) is 7.13. The minimum absolute atomic E-state index is 0.0689. The van der Waals surface area contributed by atoms with E-state index in [0.29, 0.717) is 0 Å². The Morgan fingerprint density at radius 1 is 1.24 bits per heavy atom. The van der Waals surface area contributed by atoms with Crippen LogP contribution in [0.15, 0.2) is 30.4 Å². The van der Waals surface area contributed by atoms with E-state index in [0.717, 1.165) is 37.7 Å². The predicted octanol–water partition coefficient (Wildman–Crippen LogP) is 4.50. The third-order valence-corrected chi connectivity index (χ3v) is 3.86. The molecule has 21 heavy (non-hydrogen) atoms. The fourth-order valence-electron chi connectivity index (χ4n) is 2.70. The Kier molecular flexibility index (Phi) is 5.48. The summed E-state index contributed by atoms with van der Waals surface area (Å²) in [5.41, 5.74) is 0.824. The van der Waals surface area contributed by atoms with Crippen LogP contribution < -0.4 is 0 Å². The number of carbonyl (C=O) groups is 1. The zero-order valence-electron chi connectivity index (χ0n) is 12.1. The lowest BCUT2D eigenvalue weighted by atomic mass is 9.82. The molecule has 1 aliphatic carbocycles. The highest BCUT2D eigenvalue weighted by atomic mass is 19.2. The van der Waals surface area contributed by atoms with Gasteiger partial charge in [-0.05, 0) is 55.7 Å². The molecule has 0 N–H and O–H groups in total. The molecule has 0 unspecified atom stereocenters. The largest absolute Gasteiger partial charge is 0.459 e. The first-order valence-electron chi connectivity index (χ1n) is 7.42. The van der Waals surface area contributed by atoms with Crippen LogP contribution in [0.3, 0.4) is 0 Å². The molecule has 0 bridgehead atoms. The Balaban J connectivity index is 1.86. The Hall–Kier alpha value is -1.71. The number of benzene rings is 1. The lowest BCUT2D eigenvalue weighted by molar-refractivity contribution is -0.144. The van der Waals surface area contributed by atoms with Crippen molar-refractivity contribution < 1.29 is 18.3 Å². The van der Waals surface area contributed by atoms with Crippen molar-refractivity contribution in [2.45, 2.75) is 51.0 Å². The second kappa shape index (κ2) is 7.34. The van der Waals surface area contributed by atoms with Crippen LogP contribution in [-0.4, -0.2) is 12.1 Å². The smallest absolute Gasteiger partial charge is 0.330 e. The van der Waals surface area contributed by atoms with Crippen molar-refractivity contribution in [1.82, 2.24) is 0 Å². The van der Waals surface area contributed by atoms with Gasteiger partial charge in [0.2, 0.25) is 0 Å². The standard InChI is InChI=1S/C17H20F2O2/c1-2-3-4-17(20)21-14-8-5-12(6-9-14)13-7-10-15(18)16(19)11-13/h3-4,7,10-12,14H,2,5-6,8-9H2,1H3. The third kappa shape index (κ3) is 4.38. The summed E-state index contributed by atoms with van der Waals surface area (Å²) in [5, 5.41) is 0. The van der Waals surface area contributed by atoms with Crippen molar-refractivity contribution in [3.63, 3.8) is 0 Å². The average molecular weight is 294 g/mol. The number of rotatable bonds is 4. The van der Waals surface area contributed by atoms with Gasteiger partial charge in [0.05, 0.1) is 0 Å². The lowest BCUT2D eigenvalue weighted by Gasteiger charge is -2.28. The van der Waals surface area contributed by atoms with Gasteiger partial charge in [-0.25, -0.2) is 13.6 Å². The number of hydrogen-bond acceptors (Lipinski definition) is 2. The fourth-order valence-corrected chi connectivity index (χ4v) is 2.70. The van der Waals surface area contributed by atoms with E-state index in [-0.39, 0.29) is 18.0 Å². The van der Waals surface area contributed by atoms with Gasteiger partial charge in [-0.15, -0.1) is 0 Å². The molecule has 0 saturated heterocycles. The highest BCUT2D eigenvalue weighted by molar-refractivity contribution is 5.82. The molecule has 0 aromatic heterocycles. The van der Waals surface area contributed by atoms with E-state index in [2.05, 4.69) is 0 Å². The summed E-state index contributed by atoms with van der Waals surface area (Å²) < 4.78 is 31.5. The molecule has 0 aliphatic heterocycles. The van der Waals surface area contributed by atoms with Crippen molar-refractivity contribution in [1.29, 1.82) is 0 Å². The van der Waals surface area contributed by atoms with E-state index < -0.39 is 11.6 Å². The van der Waals surface area contributed by atoms with E-state index in [1.54, 1.807) is 12.1 Å². The number of halogens is 2. The number of esters is 1. The third-order valence-electron chi connectivity index (χ3n) is 3.86. The van der Waals surface area contributed by atoms with Crippen LogP contribution in [-0.2, 0) is 9.53 Å². The van der Waals surface area contributed by atoms with Gasteiger partial charge in [0, 0.05) is 6.08 Å².